The number of carbonyl (C=O) groups is 3. The minimum atomic E-state index is -4.93. The Morgan fingerprint density at radius 1 is 0.262 bits per heavy atom. The maximum Gasteiger partial charge on any atom is 0.472 e. The van der Waals surface area contributed by atoms with Gasteiger partial charge in [-0.25, -0.2) is 9.13 Å². The SMILES string of the molecule is CCCCC/C=C\C/C=C\C/C=C\C/C=C\CCCCCCCCCCCCCCCC(=O)OCC(O)COP(=O)(O)OCC(O)COP(=O)(O)OCC(COC(=O)CCCCCCCCCCCCCCC/C=C\C/C=C\C/C=C\C/C=C\CCCCC)OC(=O)CCCCCCC/C=C\CCCCCC. The lowest BCUT2D eigenvalue weighted by Gasteiger charge is -2.21. The number of carbonyl (C=O) groups excluding carboxylic acids is 3. The predicted octanol–water partition coefficient (Wildman–Crippen LogP) is 25.9. The van der Waals surface area contributed by atoms with Gasteiger partial charge in [0.05, 0.1) is 26.4 Å². The van der Waals surface area contributed by atoms with Gasteiger partial charge in [0.25, 0.3) is 0 Å². The minimum Gasteiger partial charge on any atom is -0.463 e. The molecule has 0 heterocycles. The van der Waals surface area contributed by atoms with Gasteiger partial charge < -0.3 is 34.2 Å². The van der Waals surface area contributed by atoms with Gasteiger partial charge in [0.1, 0.15) is 25.4 Å². The first kappa shape index (κ1) is 103. The topological polar surface area (TPSA) is 231 Å². The van der Waals surface area contributed by atoms with Crippen molar-refractivity contribution in [2.75, 3.05) is 39.6 Å². The largest absolute Gasteiger partial charge is 0.472 e. The Morgan fingerprint density at radius 3 is 0.766 bits per heavy atom. The standard InChI is InChI=1S/C89H158O16P2/c1-4-7-10-13-16-19-22-25-27-29-31-33-35-37-39-41-43-45-47-49-51-53-55-58-60-63-66-69-72-75-87(92)99-78-84(90)79-101-106(95,96)102-80-85(91)81-103-107(97,98)104-83-86(105-89(94)77-74-71-68-65-62-57-24-21-18-15-12-9-6-3)82-100-88(93)76-73-70-67-64-61-59-56-54-52-50-48-46-44-42-40-38-36-34-32-30-28-26-23-20-17-14-11-8-5-2/h16-17,19-21,24-28,31-34,37-40,84-86,90-91H,4-15,18,22-23,29-30,35-36,41-83H2,1-3H3,(H,95,96)(H,97,98)/b19-16-,20-17-,24-21-,27-25-,28-26-,33-31-,34-32-,39-37-,40-38-. The Balaban J connectivity index is 4.46. The quantitative estimate of drug-likeness (QED) is 0.0146. The number of aliphatic hydroxyl groups is 2. The molecule has 0 rings (SSSR count). The zero-order valence-electron chi connectivity index (χ0n) is 68.0. The van der Waals surface area contributed by atoms with E-state index in [4.69, 9.17) is 32.3 Å². The maximum atomic E-state index is 13.0. The molecule has 0 saturated carbocycles. The van der Waals surface area contributed by atoms with Crippen LogP contribution in [0.4, 0.5) is 0 Å². The molecule has 0 aromatic carbocycles. The van der Waals surface area contributed by atoms with E-state index in [1.165, 1.54) is 193 Å². The van der Waals surface area contributed by atoms with Gasteiger partial charge in [0.15, 0.2) is 6.10 Å². The Labute approximate surface area is 653 Å². The molecule has 5 unspecified atom stereocenters. The van der Waals surface area contributed by atoms with Gasteiger partial charge >= 0.3 is 33.6 Å². The fourth-order valence-corrected chi connectivity index (χ4v) is 13.4. The molecule has 0 aliphatic heterocycles. The second-order valence-electron chi connectivity index (χ2n) is 29.0. The molecule has 0 aliphatic rings. The molecule has 0 spiro atoms. The van der Waals surface area contributed by atoms with E-state index >= 15 is 0 Å². The van der Waals surface area contributed by atoms with Crippen LogP contribution >= 0.6 is 15.6 Å². The van der Waals surface area contributed by atoms with Gasteiger partial charge in [-0.1, -0.05) is 336 Å². The summed E-state index contributed by atoms with van der Waals surface area (Å²) in [5, 5.41) is 20.7. The van der Waals surface area contributed by atoms with Crippen LogP contribution in [0.2, 0.25) is 0 Å². The number of unbranched alkanes of at least 4 members (excludes halogenated alkanes) is 41. The normalized spacial score (nSPS) is 14.4. The lowest BCUT2D eigenvalue weighted by atomic mass is 10.0. The lowest BCUT2D eigenvalue weighted by molar-refractivity contribution is -0.161. The van der Waals surface area contributed by atoms with Crippen molar-refractivity contribution in [1.82, 2.24) is 0 Å². The van der Waals surface area contributed by atoms with E-state index in [9.17, 15) is 43.5 Å². The van der Waals surface area contributed by atoms with E-state index in [0.717, 1.165) is 128 Å². The highest BCUT2D eigenvalue weighted by Gasteiger charge is 2.29. The molecule has 0 bridgehead atoms. The summed E-state index contributed by atoms with van der Waals surface area (Å²) in [5.74, 6) is -1.57. The van der Waals surface area contributed by atoms with Crippen LogP contribution in [0.5, 0.6) is 0 Å². The van der Waals surface area contributed by atoms with Crippen LogP contribution in [0.1, 0.15) is 380 Å². The molecule has 0 fully saturated rings. The van der Waals surface area contributed by atoms with Crippen LogP contribution in [0.15, 0.2) is 109 Å². The Kier molecular flexibility index (Phi) is 78.8. The molecular weight excluding hydrogens is 1390 g/mol. The van der Waals surface area contributed by atoms with Crippen molar-refractivity contribution >= 4 is 33.6 Å². The molecule has 5 atom stereocenters. The number of allylic oxidation sites excluding steroid dienone is 18. The summed E-state index contributed by atoms with van der Waals surface area (Å²) in [6.45, 7) is 2.64. The second-order valence-corrected chi connectivity index (χ2v) is 31.9. The van der Waals surface area contributed by atoms with Crippen LogP contribution in [0.3, 0.4) is 0 Å². The third-order valence-electron chi connectivity index (χ3n) is 18.4. The van der Waals surface area contributed by atoms with Gasteiger partial charge in [-0.05, 0) is 135 Å². The lowest BCUT2D eigenvalue weighted by Crippen LogP contribution is -2.30. The summed E-state index contributed by atoms with van der Waals surface area (Å²) in [7, 11) is -9.79. The molecule has 0 aromatic heterocycles. The van der Waals surface area contributed by atoms with Gasteiger partial charge in [-0.2, -0.15) is 0 Å². The molecule has 0 radical (unpaired) electrons. The molecule has 0 amide bonds. The fraction of sp³-hybridized carbons (Fsp3) is 0.764. The van der Waals surface area contributed by atoms with E-state index in [2.05, 4.69) is 130 Å². The van der Waals surface area contributed by atoms with E-state index in [-0.39, 0.29) is 19.3 Å². The average molecular weight is 1550 g/mol. The molecule has 0 aliphatic carbocycles. The van der Waals surface area contributed by atoms with Crippen LogP contribution in [0, 0.1) is 0 Å². The highest BCUT2D eigenvalue weighted by Crippen LogP contribution is 2.45. The Hall–Kier alpha value is -3.79. The number of rotatable bonds is 82. The number of hydrogen-bond donors (Lipinski definition) is 4. The van der Waals surface area contributed by atoms with Gasteiger partial charge in [0, 0.05) is 19.3 Å². The molecule has 4 N–H and O–H groups in total. The second kappa shape index (κ2) is 81.7. The van der Waals surface area contributed by atoms with E-state index in [1.54, 1.807) is 0 Å². The first-order valence-corrected chi connectivity index (χ1v) is 46.2. The number of aliphatic hydroxyl groups excluding tert-OH is 2. The number of ether oxygens (including phenoxy) is 3. The number of phosphoric acid groups is 2. The van der Waals surface area contributed by atoms with E-state index < -0.39 is 91.5 Å². The number of phosphoric ester groups is 2. The van der Waals surface area contributed by atoms with Gasteiger partial charge in [-0.15, -0.1) is 0 Å². The smallest absolute Gasteiger partial charge is 0.463 e. The molecular formula is C89H158O16P2. The summed E-state index contributed by atoms with van der Waals surface area (Å²) < 4.78 is 61.3. The fourth-order valence-electron chi connectivity index (χ4n) is 11.8. The van der Waals surface area contributed by atoms with Crippen molar-refractivity contribution in [3.8, 4) is 0 Å². The van der Waals surface area contributed by atoms with Crippen LogP contribution in [0.25, 0.3) is 0 Å². The number of hydrogen-bond acceptors (Lipinski definition) is 14. The van der Waals surface area contributed by atoms with Crippen LogP contribution in [-0.2, 0) is 55.8 Å². The van der Waals surface area contributed by atoms with E-state index in [0.29, 0.717) is 19.3 Å². The monoisotopic (exact) mass is 1550 g/mol. The molecule has 0 saturated heterocycles. The third-order valence-corrected chi connectivity index (χ3v) is 20.3. The first-order valence-electron chi connectivity index (χ1n) is 43.2. The Morgan fingerprint density at radius 2 is 0.467 bits per heavy atom. The minimum absolute atomic E-state index is 0.0952. The molecule has 107 heavy (non-hydrogen) atoms. The van der Waals surface area contributed by atoms with Crippen molar-refractivity contribution in [3.05, 3.63) is 109 Å². The predicted molar refractivity (Wildman–Crippen MR) is 445 cm³/mol. The molecule has 0 aromatic rings. The summed E-state index contributed by atoms with van der Waals surface area (Å²) in [4.78, 5) is 58.7. The molecule has 18 heteroatoms. The summed E-state index contributed by atoms with van der Waals surface area (Å²) in [5.41, 5.74) is 0. The summed E-state index contributed by atoms with van der Waals surface area (Å²) in [6, 6.07) is 0. The van der Waals surface area contributed by atoms with E-state index in [1.807, 2.05) is 0 Å². The van der Waals surface area contributed by atoms with Gasteiger partial charge in [-0.3, -0.25) is 32.5 Å². The maximum absolute atomic E-state index is 13.0. The zero-order valence-corrected chi connectivity index (χ0v) is 69.8. The zero-order chi connectivity index (χ0) is 78.0. The average Bonchev–Trinajstić information content (AvgIpc) is 0.909. The van der Waals surface area contributed by atoms with Crippen molar-refractivity contribution < 1.29 is 75.8 Å². The third kappa shape index (κ3) is 83.0. The summed E-state index contributed by atoms with van der Waals surface area (Å²) in [6.07, 6.45) is 97.2. The highest BCUT2D eigenvalue weighted by molar-refractivity contribution is 7.47. The van der Waals surface area contributed by atoms with Crippen molar-refractivity contribution in [2.24, 2.45) is 0 Å². The number of esters is 3. The molecule has 16 nitrogen and oxygen atoms in total. The molecule has 620 valence electrons. The highest BCUT2D eigenvalue weighted by atomic mass is 31.2. The van der Waals surface area contributed by atoms with Crippen molar-refractivity contribution in [1.29, 1.82) is 0 Å². The first-order chi connectivity index (χ1) is 52.2. The van der Waals surface area contributed by atoms with Crippen molar-refractivity contribution in [2.45, 2.75) is 399 Å². The van der Waals surface area contributed by atoms with Crippen molar-refractivity contribution in [3.63, 3.8) is 0 Å². The van der Waals surface area contributed by atoms with Gasteiger partial charge in [0.2, 0.25) is 0 Å². The Bertz CT molecular complexity index is 2380. The van der Waals surface area contributed by atoms with Crippen LogP contribution < -0.4 is 0 Å². The summed E-state index contributed by atoms with van der Waals surface area (Å²) >= 11 is 0. The van der Waals surface area contributed by atoms with Crippen LogP contribution in [-0.4, -0.2) is 95.9 Å².